The van der Waals surface area contributed by atoms with Crippen LogP contribution in [0.2, 0.25) is 0 Å². The second-order valence-electron chi connectivity index (χ2n) is 3.60. The summed E-state index contributed by atoms with van der Waals surface area (Å²) in [6.45, 7) is 1.60. The number of nitrogens with one attached hydrogen (secondary N) is 1. The fraction of sp³-hybridized carbons (Fsp3) is 0.0833. The molecule has 2 rings (SSSR count). The van der Waals surface area contributed by atoms with Crippen molar-refractivity contribution < 1.29 is 8.78 Å². The van der Waals surface area contributed by atoms with Gasteiger partial charge in [0.25, 0.3) is 0 Å². The van der Waals surface area contributed by atoms with Crippen LogP contribution in [0.3, 0.4) is 0 Å². The Morgan fingerprint density at radius 1 is 1.33 bits per heavy atom. The number of nitriles is 1. The molecule has 2 aromatic rings. The first kappa shape index (κ1) is 12.3. The predicted octanol–water partition coefficient (Wildman–Crippen LogP) is 3.26. The first-order valence-electron chi connectivity index (χ1n) is 5.00. The maximum atomic E-state index is 13.6. The maximum Gasteiger partial charge on any atom is 0.148 e. The zero-order chi connectivity index (χ0) is 13.3. The van der Waals surface area contributed by atoms with E-state index in [1.54, 1.807) is 6.92 Å². The third-order valence-corrected chi connectivity index (χ3v) is 2.71. The SMILES string of the molecule is Cc1[nH]c(-c2c(F)cccc2F)nc(=S)c1C#N. The topological polar surface area (TPSA) is 52.5 Å². The molecule has 0 spiro atoms. The van der Waals surface area contributed by atoms with E-state index in [-0.39, 0.29) is 21.6 Å². The fourth-order valence-corrected chi connectivity index (χ4v) is 1.85. The minimum Gasteiger partial charge on any atom is -0.342 e. The van der Waals surface area contributed by atoms with Crippen LogP contribution in [-0.4, -0.2) is 9.97 Å². The molecule has 6 heteroatoms. The third kappa shape index (κ3) is 2.00. The van der Waals surface area contributed by atoms with Gasteiger partial charge in [0, 0.05) is 5.69 Å². The number of benzene rings is 1. The Labute approximate surface area is 107 Å². The molecule has 0 amide bonds. The second-order valence-corrected chi connectivity index (χ2v) is 3.99. The average molecular weight is 263 g/mol. The number of aromatic amines is 1. The van der Waals surface area contributed by atoms with E-state index >= 15 is 0 Å². The molecule has 90 valence electrons. The number of nitrogens with zero attached hydrogens (tertiary/aromatic N) is 2. The molecule has 0 radical (unpaired) electrons. The molecular weight excluding hydrogens is 256 g/mol. The van der Waals surface area contributed by atoms with Gasteiger partial charge in [-0.1, -0.05) is 18.3 Å². The average Bonchev–Trinajstić information content (AvgIpc) is 2.28. The van der Waals surface area contributed by atoms with Crippen LogP contribution in [0.4, 0.5) is 8.78 Å². The summed E-state index contributed by atoms with van der Waals surface area (Å²) in [4.78, 5) is 6.54. The van der Waals surface area contributed by atoms with Crippen molar-refractivity contribution in [1.29, 1.82) is 5.26 Å². The summed E-state index contributed by atoms with van der Waals surface area (Å²) < 4.78 is 27.2. The van der Waals surface area contributed by atoms with Crippen molar-refractivity contribution in [1.82, 2.24) is 9.97 Å². The highest BCUT2D eigenvalue weighted by Crippen LogP contribution is 2.23. The van der Waals surface area contributed by atoms with Gasteiger partial charge in [0.05, 0.1) is 5.56 Å². The van der Waals surface area contributed by atoms with Crippen molar-refractivity contribution in [3.05, 3.63) is 45.7 Å². The van der Waals surface area contributed by atoms with Crippen molar-refractivity contribution in [3.8, 4) is 17.5 Å². The van der Waals surface area contributed by atoms with Gasteiger partial charge >= 0.3 is 0 Å². The van der Waals surface area contributed by atoms with Crippen LogP contribution in [0.25, 0.3) is 11.4 Å². The second kappa shape index (κ2) is 4.63. The first-order valence-corrected chi connectivity index (χ1v) is 5.41. The van der Waals surface area contributed by atoms with Gasteiger partial charge in [-0.25, -0.2) is 13.8 Å². The number of hydrogen-bond acceptors (Lipinski definition) is 3. The molecule has 0 aliphatic heterocycles. The molecule has 3 nitrogen and oxygen atoms in total. The Bertz CT molecular complexity index is 696. The van der Waals surface area contributed by atoms with E-state index in [1.165, 1.54) is 6.07 Å². The molecule has 18 heavy (non-hydrogen) atoms. The van der Waals surface area contributed by atoms with E-state index in [1.807, 2.05) is 6.07 Å². The quantitative estimate of drug-likeness (QED) is 0.803. The highest BCUT2D eigenvalue weighted by molar-refractivity contribution is 7.71. The van der Waals surface area contributed by atoms with Crippen LogP contribution in [0.1, 0.15) is 11.3 Å². The molecule has 1 heterocycles. The molecule has 0 atom stereocenters. The number of H-pyrrole nitrogens is 1. The van der Waals surface area contributed by atoms with Crippen LogP contribution in [0.15, 0.2) is 18.2 Å². The Morgan fingerprint density at radius 2 is 1.94 bits per heavy atom. The monoisotopic (exact) mass is 263 g/mol. The lowest BCUT2D eigenvalue weighted by Gasteiger charge is -2.06. The van der Waals surface area contributed by atoms with Gasteiger partial charge in [0.2, 0.25) is 0 Å². The summed E-state index contributed by atoms with van der Waals surface area (Å²) in [5, 5.41) is 8.85. The molecular formula is C12H7F2N3S. The zero-order valence-electron chi connectivity index (χ0n) is 9.29. The highest BCUT2D eigenvalue weighted by atomic mass is 32.1. The Morgan fingerprint density at radius 3 is 2.44 bits per heavy atom. The number of aryl methyl sites for hydroxylation is 1. The molecule has 0 unspecified atom stereocenters. The third-order valence-electron chi connectivity index (χ3n) is 2.42. The number of hydrogen-bond donors (Lipinski definition) is 1. The van der Waals surface area contributed by atoms with Gasteiger partial charge in [0.15, 0.2) is 0 Å². The molecule has 0 saturated carbocycles. The Hall–Kier alpha value is -2.13. The normalized spacial score (nSPS) is 10.1. The van der Waals surface area contributed by atoms with E-state index < -0.39 is 11.6 Å². The molecule has 0 saturated heterocycles. The summed E-state index contributed by atoms with van der Waals surface area (Å²) in [6.07, 6.45) is 0. The van der Waals surface area contributed by atoms with Gasteiger partial charge in [-0.15, -0.1) is 0 Å². The Kier molecular flexibility index (Phi) is 3.17. The van der Waals surface area contributed by atoms with Gasteiger partial charge in [-0.2, -0.15) is 5.26 Å². The smallest absolute Gasteiger partial charge is 0.148 e. The largest absolute Gasteiger partial charge is 0.342 e. The summed E-state index contributed by atoms with van der Waals surface area (Å²) in [6, 6.07) is 5.41. The number of aromatic nitrogens is 2. The van der Waals surface area contributed by atoms with E-state index in [9.17, 15) is 8.78 Å². The van der Waals surface area contributed by atoms with Crippen LogP contribution >= 0.6 is 12.2 Å². The number of halogens is 2. The van der Waals surface area contributed by atoms with Gasteiger partial charge in [-0.05, 0) is 19.1 Å². The molecule has 0 fully saturated rings. The zero-order valence-corrected chi connectivity index (χ0v) is 10.1. The summed E-state index contributed by atoms with van der Waals surface area (Å²) in [5.41, 5.74) is 0.344. The van der Waals surface area contributed by atoms with E-state index in [0.717, 1.165) is 12.1 Å². The molecule has 0 aliphatic rings. The van der Waals surface area contributed by atoms with Crippen molar-refractivity contribution in [2.45, 2.75) is 6.92 Å². The van der Waals surface area contributed by atoms with Gasteiger partial charge < -0.3 is 4.98 Å². The lowest BCUT2D eigenvalue weighted by atomic mass is 10.1. The van der Waals surface area contributed by atoms with Crippen LogP contribution < -0.4 is 0 Å². The van der Waals surface area contributed by atoms with Gasteiger partial charge in [-0.3, -0.25) is 0 Å². The predicted molar refractivity (Wildman–Crippen MR) is 64.2 cm³/mol. The Balaban J connectivity index is 2.75. The van der Waals surface area contributed by atoms with E-state index in [0.29, 0.717) is 5.69 Å². The molecule has 1 N–H and O–H groups in total. The molecule has 0 aliphatic carbocycles. The van der Waals surface area contributed by atoms with Crippen molar-refractivity contribution in [2.75, 3.05) is 0 Å². The summed E-state index contributed by atoms with van der Waals surface area (Å²) in [7, 11) is 0. The minimum atomic E-state index is -0.739. The van der Waals surface area contributed by atoms with Gasteiger partial charge in [0.1, 0.15) is 33.7 Å². The van der Waals surface area contributed by atoms with Crippen molar-refractivity contribution in [2.24, 2.45) is 0 Å². The standard InChI is InChI=1S/C12H7F2N3S/c1-6-7(5-15)12(18)17-11(16-6)10-8(13)3-2-4-9(10)14/h2-4H,1H3,(H,16,17,18). The summed E-state index contributed by atoms with van der Waals surface area (Å²) >= 11 is 4.91. The molecule has 1 aromatic heterocycles. The molecule has 1 aromatic carbocycles. The number of rotatable bonds is 1. The van der Waals surface area contributed by atoms with E-state index in [2.05, 4.69) is 9.97 Å². The fourth-order valence-electron chi connectivity index (χ4n) is 1.56. The van der Waals surface area contributed by atoms with Crippen LogP contribution in [-0.2, 0) is 0 Å². The summed E-state index contributed by atoms with van der Waals surface area (Å²) in [5.74, 6) is -1.50. The lowest BCUT2D eigenvalue weighted by Crippen LogP contribution is -2.00. The van der Waals surface area contributed by atoms with Crippen LogP contribution in [0.5, 0.6) is 0 Å². The first-order chi connectivity index (χ1) is 8.54. The van der Waals surface area contributed by atoms with Crippen molar-refractivity contribution >= 4 is 12.2 Å². The lowest BCUT2D eigenvalue weighted by molar-refractivity contribution is 0.587. The maximum absolute atomic E-state index is 13.6. The van der Waals surface area contributed by atoms with Crippen LogP contribution in [0, 0.1) is 34.5 Å². The molecule has 0 bridgehead atoms. The highest BCUT2D eigenvalue weighted by Gasteiger charge is 2.14. The van der Waals surface area contributed by atoms with E-state index in [4.69, 9.17) is 17.5 Å². The minimum absolute atomic E-state index is 0.0198. The van der Waals surface area contributed by atoms with Crippen molar-refractivity contribution in [3.63, 3.8) is 0 Å².